The van der Waals surface area contributed by atoms with E-state index in [1.165, 1.54) is 49.0 Å². The van der Waals surface area contributed by atoms with Crippen molar-refractivity contribution in [1.82, 2.24) is 54.3 Å². The van der Waals surface area contributed by atoms with Gasteiger partial charge in [-0.15, -0.1) is 0 Å². The summed E-state index contributed by atoms with van der Waals surface area (Å²) in [7, 11) is 0. The average molecular weight is 1660 g/mol. The van der Waals surface area contributed by atoms with Gasteiger partial charge in [-0.05, 0) is 172 Å². The predicted octanol–water partition coefficient (Wildman–Crippen LogP) is 8.63. The predicted molar refractivity (Wildman–Crippen MR) is 471 cm³/mol. The van der Waals surface area contributed by atoms with Crippen molar-refractivity contribution in [3.8, 4) is 0 Å². The second-order valence-corrected chi connectivity index (χ2v) is 30.8. The van der Waals surface area contributed by atoms with Crippen LogP contribution in [-0.4, -0.2) is 238 Å². The molecular formula is C94H128N16O11. The van der Waals surface area contributed by atoms with E-state index in [0.717, 1.165) is 24.0 Å². The Labute approximate surface area is 714 Å². The lowest BCUT2D eigenvalue weighted by atomic mass is 10.0. The molecule has 0 radical (unpaired) electrons. The Kier molecular flexibility index (Phi) is 40.9. The first-order chi connectivity index (χ1) is 58.3. The normalized spacial score (nSPS) is 12.9. The summed E-state index contributed by atoms with van der Waals surface area (Å²) < 4.78 is 0. The molecule has 0 saturated carbocycles. The van der Waals surface area contributed by atoms with Crippen LogP contribution in [0.5, 0.6) is 0 Å². The van der Waals surface area contributed by atoms with Crippen molar-refractivity contribution in [1.29, 1.82) is 0 Å². The van der Waals surface area contributed by atoms with Crippen LogP contribution < -0.4 is 34.0 Å². The largest absolute Gasteiger partial charge is 0.368 e. The van der Waals surface area contributed by atoms with Crippen molar-refractivity contribution in [2.24, 2.45) is 28.7 Å². The van der Waals surface area contributed by atoms with Crippen LogP contribution in [0.25, 0.3) is 0 Å². The number of primary amides is 1. The monoisotopic (exact) mass is 1660 g/mol. The van der Waals surface area contributed by atoms with E-state index < -0.39 is 167 Å². The molecule has 7 atom stereocenters. The van der Waals surface area contributed by atoms with Crippen LogP contribution in [0, 0.1) is 0 Å². The summed E-state index contributed by atoms with van der Waals surface area (Å²) in [5.41, 5.74) is 34.5. The van der Waals surface area contributed by atoms with Gasteiger partial charge < -0.3 is 83.0 Å². The second kappa shape index (κ2) is 51.2. The third kappa shape index (κ3) is 30.0. The van der Waals surface area contributed by atoms with Gasteiger partial charge in [0.25, 0.3) is 0 Å². The van der Waals surface area contributed by atoms with Crippen LogP contribution >= 0.6 is 0 Å². The molecule has 27 heteroatoms. The van der Waals surface area contributed by atoms with Crippen molar-refractivity contribution in [3.63, 3.8) is 0 Å². The minimum Gasteiger partial charge on any atom is -0.368 e. The Morgan fingerprint density at radius 3 is 0.628 bits per heavy atom. The summed E-state index contributed by atoms with van der Waals surface area (Å²) in [6.07, 6.45) is 4.04. The Morgan fingerprint density at radius 2 is 0.421 bits per heavy atom. The standard InChI is InChI=1S/C94H128N16O11/c1-70(77-37-15-8-16-38-77)104(60-84(99)111)89(116)61-101(56-34-30-52-96)86(113)65-107(73(4)80-43-21-11-22-44-80)93(120)68-109(75(6)82-47-25-13-26-48-82)91(118)63-103(58-36-32-54-98)88(115)66-108(74(5)81-45-23-12-24-46-81)94(121)69-110(76(7)83-49-27-14-28-50-83)90(117)62-102(57-35-31-53-97)87(114)64-106(72(3)79-41-19-10-20-42-79)92(119)67-105(71(2)78-39-17-9-18-40-78)85(112)59-100-55-33-29-51-95/h8-28,37-50,70-76,100H,29-36,51-69,95-98H2,1-7H3,(H2,99,111)/t70-,71-,72-,73-,74-,75-,76-/m0/s1. The number of hydrogen-bond acceptors (Lipinski definition) is 16. The van der Waals surface area contributed by atoms with Crippen LogP contribution in [0.1, 0.15) is 181 Å². The lowest BCUT2D eigenvalue weighted by Crippen LogP contribution is -2.53. The molecule has 0 fully saturated rings. The number of benzene rings is 7. The number of hydrogen-bond donors (Lipinski definition) is 6. The number of carbonyl (C=O) groups is 11. The fourth-order valence-electron chi connectivity index (χ4n) is 14.8. The molecule has 7 aromatic rings. The molecule has 27 nitrogen and oxygen atoms in total. The lowest BCUT2D eigenvalue weighted by Gasteiger charge is -2.38. The molecule has 0 unspecified atom stereocenters. The van der Waals surface area contributed by atoms with E-state index in [1.807, 2.05) is 190 Å². The molecule has 650 valence electrons. The summed E-state index contributed by atoms with van der Waals surface area (Å²) in [6, 6.07) is 58.8. The maximum atomic E-state index is 16.0. The van der Waals surface area contributed by atoms with Crippen molar-refractivity contribution < 1.29 is 52.7 Å². The third-order valence-corrected chi connectivity index (χ3v) is 22.4. The molecule has 11 amide bonds. The topological polar surface area (TPSA) is 362 Å². The van der Waals surface area contributed by atoms with Gasteiger partial charge in [0.1, 0.15) is 39.3 Å². The first kappa shape index (κ1) is 96.6. The highest BCUT2D eigenvalue weighted by Gasteiger charge is 2.38. The maximum absolute atomic E-state index is 16.0. The van der Waals surface area contributed by atoms with Crippen molar-refractivity contribution in [2.45, 2.75) is 142 Å². The third-order valence-electron chi connectivity index (χ3n) is 22.4. The minimum atomic E-state index is -0.832. The second-order valence-electron chi connectivity index (χ2n) is 30.8. The molecule has 0 aliphatic carbocycles. The van der Waals surface area contributed by atoms with Crippen LogP contribution in [0.2, 0.25) is 0 Å². The highest BCUT2D eigenvalue weighted by atomic mass is 16.2. The Hall–Kier alpha value is -11.5. The van der Waals surface area contributed by atoms with Crippen molar-refractivity contribution >= 4 is 65.0 Å². The fraction of sp³-hybridized carbons (Fsp3) is 0.436. The van der Waals surface area contributed by atoms with Gasteiger partial charge in [0, 0.05) is 19.6 Å². The number of carbonyl (C=O) groups excluding carboxylic acids is 11. The molecule has 0 spiro atoms. The van der Waals surface area contributed by atoms with Crippen LogP contribution in [0.4, 0.5) is 0 Å². The first-order valence-electron chi connectivity index (χ1n) is 42.4. The first-order valence-corrected chi connectivity index (χ1v) is 42.4. The molecule has 0 bridgehead atoms. The fourth-order valence-corrected chi connectivity index (χ4v) is 14.8. The van der Waals surface area contributed by atoms with Crippen molar-refractivity contribution in [3.05, 3.63) is 251 Å². The molecule has 121 heavy (non-hydrogen) atoms. The van der Waals surface area contributed by atoms with Gasteiger partial charge in [-0.25, -0.2) is 0 Å². The zero-order valence-electron chi connectivity index (χ0n) is 71.7. The molecule has 0 aromatic heterocycles. The van der Waals surface area contributed by atoms with E-state index in [-0.39, 0.29) is 45.2 Å². The van der Waals surface area contributed by atoms with E-state index in [0.29, 0.717) is 86.0 Å². The zero-order valence-corrected chi connectivity index (χ0v) is 71.7. The number of amides is 11. The number of unbranched alkanes of at least 4 members (excludes halogenated alkanes) is 4. The van der Waals surface area contributed by atoms with Gasteiger partial charge in [-0.2, -0.15) is 0 Å². The summed E-state index contributed by atoms with van der Waals surface area (Å²) >= 11 is 0. The quantitative estimate of drug-likeness (QED) is 0.0194. The van der Waals surface area contributed by atoms with Crippen LogP contribution in [0.3, 0.4) is 0 Å². The maximum Gasteiger partial charge on any atom is 0.243 e. The van der Waals surface area contributed by atoms with Gasteiger partial charge >= 0.3 is 0 Å². The highest BCUT2D eigenvalue weighted by molar-refractivity contribution is 5.95. The molecule has 7 aromatic carbocycles. The number of nitrogens with one attached hydrogen (secondary N) is 1. The van der Waals surface area contributed by atoms with E-state index in [9.17, 15) is 14.4 Å². The summed E-state index contributed by atoms with van der Waals surface area (Å²) in [5.74, 6) is -6.55. The highest BCUT2D eigenvalue weighted by Crippen LogP contribution is 2.30. The smallest absolute Gasteiger partial charge is 0.243 e. The lowest BCUT2D eigenvalue weighted by molar-refractivity contribution is -0.152. The van der Waals surface area contributed by atoms with Crippen LogP contribution in [-0.2, 0) is 52.7 Å². The Bertz CT molecular complexity index is 4360. The molecule has 7 rings (SSSR count). The molecule has 0 aliphatic heterocycles. The Morgan fingerprint density at radius 1 is 0.240 bits per heavy atom. The van der Waals surface area contributed by atoms with Gasteiger partial charge in [-0.1, -0.05) is 212 Å². The molecule has 0 saturated heterocycles. The van der Waals surface area contributed by atoms with E-state index >= 15 is 38.4 Å². The summed E-state index contributed by atoms with van der Waals surface area (Å²) in [4.78, 5) is 180. The molecule has 11 N–H and O–H groups in total. The van der Waals surface area contributed by atoms with E-state index in [4.69, 9.17) is 28.7 Å². The number of rotatable bonds is 52. The van der Waals surface area contributed by atoms with Gasteiger partial charge in [0.2, 0.25) is 65.0 Å². The Balaban J connectivity index is 1.22. The van der Waals surface area contributed by atoms with Crippen LogP contribution in [0.15, 0.2) is 212 Å². The van der Waals surface area contributed by atoms with Gasteiger partial charge in [0.15, 0.2) is 0 Å². The molecular weight excluding hydrogens is 1530 g/mol. The number of nitrogens with two attached hydrogens (primary N) is 5. The molecule has 0 heterocycles. The summed E-state index contributed by atoms with van der Waals surface area (Å²) in [5, 5.41) is 3.21. The summed E-state index contributed by atoms with van der Waals surface area (Å²) in [6.45, 7) is 9.11. The van der Waals surface area contributed by atoms with Gasteiger partial charge in [0.05, 0.1) is 75.0 Å². The van der Waals surface area contributed by atoms with E-state index in [2.05, 4.69) is 5.32 Å². The minimum absolute atomic E-state index is 0.0101. The molecule has 0 aliphatic rings. The van der Waals surface area contributed by atoms with Gasteiger partial charge in [-0.3, -0.25) is 52.7 Å². The zero-order chi connectivity index (χ0) is 87.8. The number of nitrogens with zero attached hydrogens (tertiary/aromatic N) is 10. The average Bonchev–Trinajstić information content (AvgIpc) is 0.818. The van der Waals surface area contributed by atoms with E-state index in [1.54, 1.807) is 71.0 Å². The van der Waals surface area contributed by atoms with Crippen molar-refractivity contribution in [2.75, 3.05) is 124 Å². The SMILES string of the molecule is C[C@@H](c1ccccc1)N(CC(N)=O)C(=O)CN(CCCCN)C(=O)CN(C(=O)CN(C(=O)CN(CCCCN)C(=O)CN(C(=O)CN(C(=O)CN(CCCCN)C(=O)CN(C(=O)CN(C(=O)CNCCCCN)[C@@H](C)c1ccccc1)[C@@H](C)c1ccccc1)[C@@H](C)c1ccccc1)[C@@H](C)c1ccccc1)[C@@H](C)c1ccccc1)[C@@H](C)c1ccccc1.